The number of carbonyl (C=O) groups excluding carboxylic acids is 1. The number of hydrogen-bond acceptors (Lipinski definition) is 3. The monoisotopic (exact) mass is 310 g/mol. The number of anilines is 1. The van der Waals surface area contributed by atoms with Gasteiger partial charge in [-0.25, -0.2) is 8.78 Å². The average molecular weight is 310 g/mol. The topological polar surface area (TPSA) is 72.9 Å². The van der Waals surface area contributed by atoms with Crippen LogP contribution >= 0.6 is 12.2 Å². The van der Waals surface area contributed by atoms with Crippen LogP contribution in [0.5, 0.6) is 0 Å². The molecule has 1 amide bonds. The van der Waals surface area contributed by atoms with E-state index in [1.807, 2.05) is 0 Å². The predicted octanol–water partition coefficient (Wildman–Crippen LogP) is 1.51. The second kappa shape index (κ2) is 5.96. The molecule has 1 aromatic heterocycles. The number of carbonyl (C=O) groups is 1. The summed E-state index contributed by atoms with van der Waals surface area (Å²) >= 11 is 4.85. The number of thiocarbonyl (C=S) groups is 1. The van der Waals surface area contributed by atoms with Crippen molar-refractivity contribution in [2.24, 2.45) is 12.8 Å². The molecule has 8 heteroatoms. The standard InChI is InChI=1S/C13H12F2N4OS/c1-19-13(8(6-17-19)12(16)21)18-10(20)5-7-3-2-4-9(14)11(7)15/h2-4,6H,5H2,1H3,(H2,16,21)(H,18,20). The molecule has 2 rings (SSSR count). The van der Waals surface area contributed by atoms with Crippen LogP contribution in [0.3, 0.4) is 0 Å². The number of amides is 1. The van der Waals surface area contributed by atoms with Crippen molar-refractivity contribution in [1.29, 1.82) is 0 Å². The summed E-state index contributed by atoms with van der Waals surface area (Å²) in [6.07, 6.45) is 1.10. The van der Waals surface area contributed by atoms with Crippen LogP contribution in [0.1, 0.15) is 11.1 Å². The molecule has 3 N–H and O–H groups in total. The average Bonchev–Trinajstić information content (AvgIpc) is 2.77. The van der Waals surface area contributed by atoms with Crippen LogP contribution in [-0.4, -0.2) is 20.7 Å². The summed E-state index contributed by atoms with van der Waals surface area (Å²) in [5.41, 5.74) is 5.89. The number of aromatic nitrogens is 2. The first kappa shape index (κ1) is 15.0. The zero-order chi connectivity index (χ0) is 15.6. The highest BCUT2D eigenvalue weighted by Crippen LogP contribution is 2.16. The van der Waals surface area contributed by atoms with Gasteiger partial charge in [0.05, 0.1) is 18.2 Å². The maximum absolute atomic E-state index is 13.5. The number of benzene rings is 1. The highest BCUT2D eigenvalue weighted by atomic mass is 32.1. The van der Waals surface area contributed by atoms with Gasteiger partial charge in [-0.2, -0.15) is 5.10 Å². The first-order valence-electron chi connectivity index (χ1n) is 5.94. The van der Waals surface area contributed by atoms with Gasteiger partial charge in [0.15, 0.2) is 11.6 Å². The molecule has 21 heavy (non-hydrogen) atoms. The van der Waals surface area contributed by atoms with Gasteiger partial charge in [0.25, 0.3) is 0 Å². The number of nitrogens with one attached hydrogen (secondary N) is 1. The largest absolute Gasteiger partial charge is 0.389 e. The summed E-state index contributed by atoms with van der Waals surface area (Å²) in [7, 11) is 1.60. The van der Waals surface area contributed by atoms with Crippen LogP contribution in [0.25, 0.3) is 0 Å². The van der Waals surface area contributed by atoms with Crippen molar-refractivity contribution in [3.63, 3.8) is 0 Å². The van der Waals surface area contributed by atoms with Crippen molar-refractivity contribution in [1.82, 2.24) is 9.78 Å². The number of nitrogens with zero attached hydrogens (tertiary/aromatic N) is 2. The molecule has 1 aromatic carbocycles. The van der Waals surface area contributed by atoms with E-state index in [1.54, 1.807) is 7.05 Å². The highest BCUT2D eigenvalue weighted by molar-refractivity contribution is 7.80. The third kappa shape index (κ3) is 3.22. The molecule has 2 aromatic rings. The van der Waals surface area contributed by atoms with Gasteiger partial charge in [-0.05, 0) is 6.07 Å². The van der Waals surface area contributed by atoms with Crippen molar-refractivity contribution in [3.8, 4) is 0 Å². The zero-order valence-electron chi connectivity index (χ0n) is 11.1. The molecule has 0 radical (unpaired) electrons. The second-order valence-corrected chi connectivity index (χ2v) is 4.77. The number of rotatable bonds is 4. The third-order valence-corrected chi connectivity index (χ3v) is 3.06. The quantitative estimate of drug-likeness (QED) is 0.840. The van der Waals surface area contributed by atoms with E-state index in [0.717, 1.165) is 6.07 Å². The maximum atomic E-state index is 13.5. The summed E-state index contributed by atoms with van der Waals surface area (Å²) in [6, 6.07) is 3.67. The molecule has 0 aliphatic carbocycles. The second-order valence-electron chi connectivity index (χ2n) is 4.33. The van der Waals surface area contributed by atoms with Gasteiger partial charge in [-0.3, -0.25) is 9.48 Å². The molecular formula is C13H12F2N4OS. The number of nitrogens with two attached hydrogens (primary N) is 1. The zero-order valence-corrected chi connectivity index (χ0v) is 11.9. The molecule has 0 spiro atoms. The van der Waals surface area contributed by atoms with Crippen molar-refractivity contribution in [3.05, 3.63) is 47.2 Å². The van der Waals surface area contributed by atoms with Gasteiger partial charge in [-0.1, -0.05) is 24.4 Å². The maximum Gasteiger partial charge on any atom is 0.230 e. The molecule has 0 unspecified atom stereocenters. The van der Waals surface area contributed by atoms with Gasteiger partial charge in [0, 0.05) is 12.6 Å². The molecule has 0 aliphatic rings. The van der Waals surface area contributed by atoms with Crippen LogP contribution in [0, 0.1) is 11.6 Å². The fourth-order valence-electron chi connectivity index (χ4n) is 1.80. The Hall–Kier alpha value is -2.35. The molecule has 0 aliphatic heterocycles. The van der Waals surface area contributed by atoms with Crippen LogP contribution in [0.15, 0.2) is 24.4 Å². The van der Waals surface area contributed by atoms with Gasteiger partial charge < -0.3 is 11.1 Å². The minimum atomic E-state index is -1.03. The Labute approximate surface area is 124 Å². The summed E-state index contributed by atoms with van der Waals surface area (Å²) in [4.78, 5) is 12.0. The van der Waals surface area contributed by atoms with Gasteiger partial charge in [-0.15, -0.1) is 0 Å². The Morgan fingerprint density at radius 1 is 1.48 bits per heavy atom. The molecule has 0 saturated carbocycles. The van der Waals surface area contributed by atoms with Gasteiger partial charge in [0.2, 0.25) is 5.91 Å². The fourth-order valence-corrected chi connectivity index (χ4v) is 1.95. The third-order valence-electron chi connectivity index (χ3n) is 2.84. The minimum Gasteiger partial charge on any atom is -0.389 e. The smallest absolute Gasteiger partial charge is 0.230 e. The van der Waals surface area contributed by atoms with Crippen LogP contribution in [-0.2, 0) is 18.3 Å². The lowest BCUT2D eigenvalue weighted by molar-refractivity contribution is -0.115. The molecular weight excluding hydrogens is 298 g/mol. The number of aryl methyl sites for hydroxylation is 1. The summed E-state index contributed by atoms with van der Waals surface area (Å²) in [5, 5.41) is 6.47. The molecule has 0 atom stereocenters. The summed E-state index contributed by atoms with van der Waals surface area (Å²) in [6.45, 7) is 0. The summed E-state index contributed by atoms with van der Waals surface area (Å²) in [5.74, 6) is -2.25. The Morgan fingerprint density at radius 3 is 2.86 bits per heavy atom. The van der Waals surface area contributed by atoms with E-state index < -0.39 is 17.5 Å². The van der Waals surface area contributed by atoms with Gasteiger partial charge >= 0.3 is 0 Å². The Morgan fingerprint density at radius 2 is 2.19 bits per heavy atom. The lowest BCUT2D eigenvalue weighted by Crippen LogP contribution is -2.20. The normalized spacial score (nSPS) is 10.4. The first-order chi connectivity index (χ1) is 9.90. The highest BCUT2D eigenvalue weighted by Gasteiger charge is 2.16. The van der Waals surface area contributed by atoms with Crippen molar-refractivity contribution < 1.29 is 13.6 Å². The molecule has 1 heterocycles. The molecule has 0 fully saturated rings. The van der Waals surface area contributed by atoms with Crippen LogP contribution < -0.4 is 11.1 Å². The van der Waals surface area contributed by atoms with E-state index >= 15 is 0 Å². The Bertz CT molecular complexity index is 714. The SMILES string of the molecule is Cn1ncc(C(N)=S)c1NC(=O)Cc1cccc(F)c1F. The number of halogens is 2. The Balaban J connectivity index is 2.18. The number of hydrogen-bond donors (Lipinski definition) is 2. The van der Waals surface area contributed by atoms with Crippen LogP contribution in [0.2, 0.25) is 0 Å². The molecule has 110 valence electrons. The molecule has 0 bridgehead atoms. The fraction of sp³-hybridized carbons (Fsp3) is 0.154. The minimum absolute atomic E-state index is 0.0356. The van der Waals surface area contributed by atoms with E-state index in [-0.39, 0.29) is 17.0 Å². The van der Waals surface area contributed by atoms with Crippen molar-refractivity contribution in [2.45, 2.75) is 6.42 Å². The lowest BCUT2D eigenvalue weighted by Gasteiger charge is -2.08. The van der Waals surface area contributed by atoms with E-state index in [4.69, 9.17) is 18.0 Å². The van der Waals surface area contributed by atoms with Gasteiger partial charge in [0.1, 0.15) is 10.8 Å². The first-order valence-corrected chi connectivity index (χ1v) is 6.35. The van der Waals surface area contributed by atoms with Crippen LogP contribution in [0.4, 0.5) is 14.6 Å². The van der Waals surface area contributed by atoms with E-state index in [0.29, 0.717) is 11.4 Å². The lowest BCUT2D eigenvalue weighted by atomic mass is 10.1. The molecule has 0 saturated heterocycles. The Kier molecular flexibility index (Phi) is 4.27. The van der Waals surface area contributed by atoms with E-state index in [9.17, 15) is 13.6 Å². The predicted molar refractivity (Wildman–Crippen MR) is 77.8 cm³/mol. The van der Waals surface area contributed by atoms with Crippen molar-refractivity contribution in [2.75, 3.05) is 5.32 Å². The summed E-state index contributed by atoms with van der Waals surface area (Å²) < 4.78 is 28.0. The van der Waals surface area contributed by atoms with E-state index in [1.165, 1.54) is 23.0 Å². The van der Waals surface area contributed by atoms with E-state index in [2.05, 4.69) is 10.4 Å². The molecule has 5 nitrogen and oxygen atoms in total. The van der Waals surface area contributed by atoms with Crippen molar-refractivity contribution >= 4 is 28.9 Å².